The molecule has 0 fully saturated rings. The van der Waals surface area contributed by atoms with Crippen molar-refractivity contribution < 1.29 is 9.50 Å². The molecule has 0 saturated carbocycles. The largest absolute Gasteiger partial charge is 0.387 e. The first-order valence-corrected chi connectivity index (χ1v) is 7.03. The fourth-order valence-electron chi connectivity index (χ4n) is 1.68. The van der Waals surface area contributed by atoms with Gasteiger partial charge in [-0.05, 0) is 19.9 Å². The minimum Gasteiger partial charge on any atom is -0.387 e. The van der Waals surface area contributed by atoms with E-state index >= 15 is 0 Å². The van der Waals surface area contributed by atoms with Crippen molar-refractivity contribution in [2.24, 2.45) is 0 Å². The predicted octanol–water partition coefficient (Wildman–Crippen LogP) is 2.82. The number of aliphatic hydroxyl groups excluding tert-OH is 1. The molecule has 0 aliphatic carbocycles. The molecule has 1 aromatic heterocycles. The highest BCUT2D eigenvalue weighted by atomic mass is 32.2. The van der Waals surface area contributed by atoms with Crippen LogP contribution in [0.1, 0.15) is 31.6 Å². The number of rotatable bonds is 5. The molecule has 2 aromatic rings. The van der Waals surface area contributed by atoms with E-state index in [1.54, 1.807) is 24.5 Å². The summed E-state index contributed by atoms with van der Waals surface area (Å²) in [4.78, 5) is 0. The molecular weight excluding hydrogens is 265 g/mol. The van der Waals surface area contributed by atoms with Crippen LogP contribution in [0.3, 0.4) is 0 Å². The number of nitrogens with zero attached hydrogens (tertiary/aromatic N) is 3. The van der Waals surface area contributed by atoms with Crippen LogP contribution in [0.15, 0.2) is 35.7 Å². The normalized spacial score (nSPS) is 12.9. The first-order chi connectivity index (χ1) is 9.09. The van der Waals surface area contributed by atoms with E-state index in [9.17, 15) is 9.50 Å². The third kappa shape index (κ3) is 3.33. The first-order valence-electron chi connectivity index (χ1n) is 6.04. The van der Waals surface area contributed by atoms with Crippen LogP contribution in [0.4, 0.5) is 4.39 Å². The van der Waals surface area contributed by atoms with Gasteiger partial charge >= 0.3 is 0 Å². The van der Waals surface area contributed by atoms with E-state index in [1.807, 2.05) is 18.4 Å². The van der Waals surface area contributed by atoms with Gasteiger partial charge in [-0.25, -0.2) is 4.39 Å². The number of hydrogen-bond donors (Lipinski definition) is 1. The van der Waals surface area contributed by atoms with Crippen LogP contribution in [-0.2, 0) is 0 Å². The third-order valence-electron chi connectivity index (χ3n) is 2.73. The Morgan fingerprint density at radius 2 is 2.11 bits per heavy atom. The van der Waals surface area contributed by atoms with Gasteiger partial charge in [-0.1, -0.05) is 30.0 Å². The highest BCUT2D eigenvalue weighted by Crippen LogP contribution is 2.26. The lowest BCUT2D eigenvalue weighted by molar-refractivity contribution is 0.199. The van der Waals surface area contributed by atoms with Crippen molar-refractivity contribution in [3.05, 3.63) is 42.0 Å². The monoisotopic (exact) mass is 281 g/mol. The minimum absolute atomic E-state index is 0.253. The van der Waals surface area contributed by atoms with Gasteiger partial charge in [0.2, 0.25) is 0 Å². The molecule has 0 spiro atoms. The lowest BCUT2D eigenvalue weighted by atomic mass is 10.1. The Labute approximate surface area is 115 Å². The molecule has 1 aromatic carbocycles. The average molecular weight is 281 g/mol. The molecule has 102 valence electrons. The van der Waals surface area contributed by atoms with Crippen LogP contribution >= 0.6 is 11.8 Å². The number of thioether (sulfide) groups is 1. The molecule has 19 heavy (non-hydrogen) atoms. The highest BCUT2D eigenvalue weighted by Gasteiger charge is 2.15. The summed E-state index contributed by atoms with van der Waals surface area (Å²) in [7, 11) is 0. The quantitative estimate of drug-likeness (QED) is 0.856. The average Bonchev–Trinajstić information content (AvgIpc) is 2.85. The third-order valence-corrected chi connectivity index (χ3v) is 3.76. The molecular formula is C13H16FN3OS. The Balaban J connectivity index is 2.03. The molecule has 0 saturated heterocycles. The highest BCUT2D eigenvalue weighted by molar-refractivity contribution is 7.99. The molecule has 0 amide bonds. The summed E-state index contributed by atoms with van der Waals surface area (Å²) in [6.07, 6.45) is 0.797. The van der Waals surface area contributed by atoms with Gasteiger partial charge in [0, 0.05) is 17.4 Å². The fourth-order valence-corrected chi connectivity index (χ4v) is 2.68. The summed E-state index contributed by atoms with van der Waals surface area (Å²) >= 11 is 1.37. The molecule has 0 aliphatic heterocycles. The second-order valence-electron chi connectivity index (χ2n) is 4.46. The summed E-state index contributed by atoms with van der Waals surface area (Å²) in [5, 5.41) is 18.6. The van der Waals surface area contributed by atoms with Crippen molar-refractivity contribution in [1.82, 2.24) is 14.8 Å². The maximum Gasteiger partial charge on any atom is 0.191 e. The lowest BCUT2D eigenvalue weighted by Crippen LogP contribution is -2.06. The number of aromatic nitrogens is 3. The topological polar surface area (TPSA) is 50.9 Å². The van der Waals surface area contributed by atoms with E-state index in [4.69, 9.17) is 0 Å². The Morgan fingerprint density at radius 3 is 2.79 bits per heavy atom. The molecule has 1 heterocycles. The van der Waals surface area contributed by atoms with Gasteiger partial charge in [-0.3, -0.25) is 0 Å². The van der Waals surface area contributed by atoms with Gasteiger partial charge in [-0.15, -0.1) is 10.2 Å². The van der Waals surface area contributed by atoms with Crippen LogP contribution in [-0.4, -0.2) is 25.6 Å². The van der Waals surface area contributed by atoms with Crippen LogP contribution in [0.5, 0.6) is 0 Å². The molecule has 2 rings (SSSR count). The molecule has 1 N–H and O–H groups in total. The number of halogens is 1. The summed E-state index contributed by atoms with van der Waals surface area (Å²) in [6, 6.07) is 6.51. The van der Waals surface area contributed by atoms with Crippen molar-refractivity contribution in [2.45, 2.75) is 31.1 Å². The zero-order chi connectivity index (χ0) is 13.8. The predicted molar refractivity (Wildman–Crippen MR) is 72.5 cm³/mol. The molecule has 0 bridgehead atoms. The number of hydrogen-bond acceptors (Lipinski definition) is 4. The maximum atomic E-state index is 13.5. The number of aliphatic hydroxyl groups is 1. The second-order valence-corrected chi connectivity index (χ2v) is 5.45. The Bertz CT molecular complexity index is 544. The maximum absolute atomic E-state index is 13.5. The fraction of sp³-hybridized carbons (Fsp3) is 0.385. The Kier molecular flexibility index (Phi) is 4.55. The molecule has 0 aliphatic rings. The SMILES string of the molecule is CC(C)n1cnnc1SC[C@@H](O)c1ccccc1F. The zero-order valence-electron chi connectivity index (χ0n) is 10.8. The van der Waals surface area contributed by atoms with Crippen LogP contribution in [0.25, 0.3) is 0 Å². The molecule has 0 unspecified atom stereocenters. The molecule has 0 radical (unpaired) electrons. The van der Waals surface area contributed by atoms with Crippen molar-refractivity contribution in [3.63, 3.8) is 0 Å². The van der Waals surface area contributed by atoms with Crippen molar-refractivity contribution in [2.75, 3.05) is 5.75 Å². The van der Waals surface area contributed by atoms with E-state index in [-0.39, 0.29) is 11.9 Å². The zero-order valence-corrected chi connectivity index (χ0v) is 11.6. The smallest absolute Gasteiger partial charge is 0.191 e. The Hall–Kier alpha value is -1.40. The van der Waals surface area contributed by atoms with Gasteiger partial charge in [0.25, 0.3) is 0 Å². The van der Waals surface area contributed by atoms with E-state index in [2.05, 4.69) is 10.2 Å². The van der Waals surface area contributed by atoms with E-state index < -0.39 is 6.10 Å². The van der Waals surface area contributed by atoms with E-state index in [0.29, 0.717) is 11.3 Å². The van der Waals surface area contributed by atoms with Gasteiger partial charge in [0.05, 0.1) is 6.10 Å². The van der Waals surface area contributed by atoms with Crippen LogP contribution < -0.4 is 0 Å². The van der Waals surface area contributed by atoms with E-state index in [0.717, 1.165) is 5.16 Å². The van der Waals surface area contributed by atoms with Crippen molar-refractivity contribution in [1.29, 1.82) is 0 Å². The van der Waals surface area contributed by atoms with Gasteiger partial charge in [0.1, 0.15) is 12.1 Å². The number of benzene rings is 1. The van der Waals surface area contributed by atoms with Gasteiger partial charge < -0.3 is 9.67 Å². The summed E-state index contributed by atoms with van der Waals surface area (Å²) < 4.78 is 15.4. The second kappa shape index (κ2) is 6.16. The molecule has 6 heteroatoms. The standard InChI is InChI=1S/C13H16FN3OS/c1-9(2)17-8-15-16-13(17)19-7-12(18)10-5-3-4-6-11(10)14/h3-6,8-9,12,18H,7H2,1-2H3/t12-/m1/s1. The van der Waals surface area contributed by atoms with E-state index in [1.165, 1.54) is 17.8 Å². The Morgan fingerprint density at radius 1 is 1.37 bits per heavy atom. The van der Waals surface area contributed by atoms with Crippen LogP contribution in [0, 0.1) is 5.82 Å². The van der Waals surface area contributed by atoms with Crippen LogP contribution in [0.2, 0.25) is 0 Å². The lowest BCUT2D eigenvalue weighted by Gasteiger charge is -2.13. The molecule has 1 atom stereocenters. The minimum atomic E-state index is -0.858. The van der Waals surface area contributed by atoms with Crippen molar-refractivity contribution in [3.8, 4) is 0 Å². The molecule has 4 nitrogen and oxygen atoms in total. The van der Waals surface area contributed by atoms with Crippen molar-refractivity contribution >= 4 is 11.8 Å². The van der Waals surface area contributed by atoms with Gasteiger partial charge in [0.15, 0.2) is 5.16 Å². The van der Waals surface area contributed by atoms with Gasteiger partial charge in [-0.2, -0.15) is 0 Å². The summed E-state index contributed by atoms with van der Waals surface area (Å²) in [5.41, 5.74) is 0.311. The summed E-state index contributed by atoms with van der Waals surface area (Å²) in [6.45, 7) is 4.06. The summed E-state index contributed by atoms with van der Waals surface area (Å²) in [5.74, 6) is -0.0484. The first kappa shape index (κ1) is 14.0.